The number of benzene rings is 1. The van der Waals surface area contributed by atoms with Gasteiger partial charge in [-0.15, -0.1) is 0 Å². The number of H-pyrrole nitrogens is 1. The molecule has 3 aromatic rings. The van der Waals surface area contributed by atoms with Crippen LogP contribution in [0.2, 0.25) is 0 Å². The number of nitrogens with zero attached hydrogens (tertiary/aromatic N) is 2. The maximum atomic E-state index is 12.7. The molecule has 1 unspecified atom stereocenters. The van der Waals surface area contributed by atoms with Gasteiger partial charge >= 0.3 is 0 Å². The van der Waals surface area contributed by atoms with Gasteiger partial charge in [0.2, 0.25) is 0 Å². The van der Waals surface area contributed by atoms with Crippen LogP contribution in [0.15, 0.2) is 48.9 Å². The Hall–Kier alpha value is -2.41. The summed E-state index contributed by atoms with van der Waals surface area (Å²) < 4.78 is 21.0. The van der Waals surface area contributed by atoms with Crippen LogP contribution in [-0.4, -0.2) is 31.0 Å². The van der Waals surface area contributed by atoms with Gasteiger partial charge in [-0.05, 0) is 43.2 Å². The lowest BCUT2D eigenvalue weighted by Crippen LogP contribution is -2.29. The van der Waals surface area contributed by atoms with Gasteiger partial charge in [0, 0.05) is 27.7 Å². The van der Waals surface area contributed by atoms with E-state index in [0.717, 1.165) is 48.1 Å². The van der Waals surface area contributed by atoms with Crippen LogP contribution in [0, 0.1) is 10.7 Å². The zero-order valence-corrected chi connectivity index (χ0v) is 16.0. The predicted molar refractivity (Wildman–Crippen MR) is 109 cm³/mol. The number of rotatable bonds is 6. The second-order valence-corrected chi connectivity index (χ2v) is 9.68. The number of nitrogens with one attached hydrogen (secondary N) is 3. The molecule has 142 valence electrons. The first kappa shape index (κ1) is 18.0. The number of anilines is 1. The fraction of sp³-hybridized carbons (Fsp3) is 0.400. The Bertz CT molecular complexity index is 991. The molecule has 1 aromatic carbocycles. The largest absolute Gasteiger partial charge is 0.367 e. The maximum Gasteiger partial charge on any atom is 0.142 e. The first-order valence-electron chi connectivity index (χ1n) is 9.42. The van der Waals surface area contributed by atoms with Crippen molar-refractivity contribution in [3.05, 3.63) is 54.5 Å². The van der Waals surface area contributed by atoms with Crippen molar-refractivity contribution < 1.29 is 4.21 Å². The number of aromatic nitrogens is 3. The first-order valence-corrected chi connectivity index (χ1v) is 11.3. The summed E-state index contributed by atoms with van der Waals surface area (Å²) in [7, 11) is -2.58. The van der Waals surface area contributed by atoms with Gasteiger partial charge in [-0.25, -0.2) is 14.2 Å². The van der Waals surface area contributed by atoms with Crippen molar-refractivity contribution in [2.45, 2.75) is 37.5 Å². The molecule has 1 aliphatic carbocycles. The van der Waals surface area contributed by atoms with Gasteiger partial charge in [0.1, 0.15) is 17.8 Å². The van der Waals surface area contributed by atoms with Crippen molar-refractivity contribution in [2.24, 2.45) is 5.92 Å². The standard InChI is InChI=1S/C20H25N5OS/c21-27(26,12-15-4-2-1-3-5-15)13-16-6-8-17(9-7-16)25-20-18-10-11-22-19(18)23-14-24-20/h1-5,10-11,14,16-17,21H,6-9,12-13H2,(H2,22,23,24,25). The second-order valence-electron chi connectivity index (χ2n) is 7.43. The summed E-state index contributed by atoms with van der Waals surface area (Å²) in [6.45, 7) is 0. The van der Waals surface area contributed by atoms with Gasteiger partial charge in [0.05, 0.1) is 11.1 Å². The fourth-order valence-corrected chi connectivity index (χ4v) is 5.88. The molecule has 0 bridgehead atoms. The van der Waals surface area contributed by atoms with E-state index in [9.17, 15) is 4.21 Å². The molecule has 7 heteroatoms. The van der Waals surface area contributed by atoms with Crippen LogP contribution in [0.4, 0.5) is 5.82 Å². The minimum atomic E-state index is -2.58. The normalized spacial score (nSPS) is 22.4. The molecule has 0 radical (unpaired) electrons. The Balaban J connectivity index is 1.32. The summed E-state index contributed by atoms with van der Waals surface area (Å²) in [5, 5.41) is 4.55. The minimum absolute atomic E-state index is 0.360. The van der Waals surface area contributed by atoms with Gasteiger partial charge < -0.3 is 10.3 Å². The van der Waals surface area contributed by atoms with E-state index >= 15 is 0 Å². The number of fused-ring (bicyclic) bond motifs is 1. The molecule has 0 amide bonds. The molecule has 1 fully saturated rings. The van der Waals surface area contributed by atoms with E-state index in [1.165, 1.54) is 0 Å². The molecule has 2 heterocycles. The lowest BCUT2D eigenvalue weighted by atomic mass is 9.87. The molecule has 27 heavy (non-hydrogen) atoms. The third kappa shape index (κ3) is 4.47. The number of aromatic amines is 1. The van der Waals surface area contributed by atoms with Crippen molar-refractivity contribution in [1.29, 1.82) is 4.78 Å². The molecule has 0 spiro atoms. The Labute approximate surface area is 159 Å². The summed E-state index contributed by atoms with van der Waals surface area (Å²) >= 11 is 0. The highest BCUT2D eigenvalue weighted by molar-refractivity contribution is 7.91. The fourth-order valence-electron chi connectivity index (χ4n) is 3.94. The van der Waals surface area contributed by atoms with Gasteiger partial charge in [0.15, 0.2) is 0 Å². The molecule has 1 atom stereocenters. The molecule has 0 aliphatic heterocycles. The van der Waals surface area contributed by atoms with Crippen molar-refractivity contribution in [3.63, 3.8) is 0 Å². The van der Waals surface area contributed by atoms with Gasteiger partial charge in [0.25, 0.3) is 0 Å². The molecule has 1 saturated carbocycles. The summed E-state index contributed by atoms with van der Waals surface area (Å²) in [4.78, 5) is 11.7. The monoisotopic (exact) mass is 383 g/mol. The minimum Gasteiger partial charge on any atom is -0.367 e. The van der Waals surface area contributed by atoms with Crippen molar-refractivity contribution in [1.82, 2.24) is 15.0 Å². The third-order valence-electron chi connectivity index (χ3n) is 5.29. The zero-order chi connectivity index (χ0) is 18.7. The summed E-state index contributed by atoms with van der Waals surface area (Å²) in [5.41, 5.74) is 1.84. The van der Waals surface area contributed by atoms with E-state index in [1.54, 1.807) is 6.33 Å². The lowest BCUT2D eigenvalue weighted by Gasteiger charge is -2.30. The van der Waals surface area contributed by atoms with E-state index in [0.29, 0.717) is 23.5 Å². The topological polar surface area (TPSA) is 94.5 Å². The molecule has 0 saturated heterocycles. The average molecular weight is 384 g/mol. The smallest absolute Gasteiger partial charge is 0.142 e. The van der Waals surface area contributed by atoms with E-state index in [2.05, 4.69) is 20.3 Å². The summed E-state index contributed by atoms with van der Waals surface area (Å²) in [6, 6.07) is 12.1. The first-order chi connectivity index (χ1) is 13.1. The zero-order valence-electron chi connectivity index (χ0n) is 15.2. The van der Waals surface area contributed by atoms with Gasteiger partial charge in [-0.2, -0.15) is 0 Å². The van der Waals surface area contributed by atoms with Crippen LogP contribution in [0.25, 0.3) is 11.0 Å². The van der Waals surface area contributed by atoms with Crippen LogP contribution in [-0.2, 0) is 15.5 Å². The molecule has 2 aromatic heterocycles. The molecule has 4 rings (SSSR count). The quantitative estimate of drug-likeness (QED) is 0.595. The van der Waals surface area contributed by atoms with Gasteiger partial charge in [-0.1, -0.05) is 30.3 Å². The Morgan fingerprint density at radius 1 is 1.11 bits per heavy atom. The Morgan fingerprint density at radius 3 is 2.67 bits per heavy atom. The van der Waals surface area contributed by atoms with Crippen LogP contribution in [0.1, 0.15) is 31.2 Å². The van der Waals surface area contributed by atoms with E-state index < -0.39 is 9.73 Å². The molecule has 6 nitrogen and oxygen atoms in total. The molecular formula is C20H25N5OS. The van der Waals surface area contributed by atoms with Crippen molar-refractivity contribution in [3.8, 4) is 0 Å². The van der Waals surface area contributed by atoms with Crippen LogP contribution in [0.5, 0.6) is 0 Å². The summed E-state index contributed by atoms with van der Waals surface area (Å²) in [6.07, 6.45) is 7.49. The third-order valence-corrected chi connectivity index (χ3v) is 7.10. The van der Waals surface area contributed by atoms with Gasteiger partial charge in [-0.3, -0.25) is 4.78 Å². The van der Waals surface area contributed by atoms with Crippen LogP contribution >= 0.6 is 0 Å². The predicted octanol–water partition coefficient (Wildman–Crippen LogP) is 4.18. The van der Waals surface area contributed by atoms with Crippen molar-refractivity contribution in [2.75, 3.05) is 11.1 Å². The van der Waals surface area contributed by atoms with Crippen molar-refractivity contribution >= 4 is 26.6 Å². The summed E-state index contributed by atoms with van der Waals surface area (Å²) in [5.74, 6) is 2.11. The Morgan fingerprint density at radius 2 is 1.89 bits per heavy atom. The van der Waals surface area contributed by atoms with Crippen LogP contribution < -0.4 is 5.32 Å². The molecule has 1 aliphatic rings. The van der Waals surface area contributed by atoms with E-state index in [4.69, 9.17) is 4.78 Å². The lowest BCUT2D eigenvalue weighted by molar-refractivity contribution is 0.363. The van der Waals surface area contributed by atoms with Crippen LogP contribution in [0.3, 0.4) is 0 Å². The maximum absolute atomic E-state index is 12.7. The molecule has 3 N–H and O–H groups in total. The Kier molecular flexibility index (Phi) is 5.11. The highest BCUT2D eigenvalue weighted by Gasteiger charge is 2.25. The number of hydrogen-bond donors (Lipinski definition) is 3. The highest BCUT2D eigenvalue weighted by atomic mass is 32.2. The molecular weight excluding hydrogens is 358 g/mol. The SMILES string of the molecule is N=S(=O)(Cc1ccccc1)CC1CCC(Nc2ncnc3[nH]ccc23)CC1. The van der Waals surface area contributed by atoms with E-state index in [1.807, 2.05) is 42.6 Å². The van der Waals surface area contributed by atoms with E-state index in [-0.39, 0.29) is 0 Å². The highest BCUT2D eigenvalue weighted by Crippen LogP contribution is 2.29. The number of hydrogen-bond acceptors (Lipinski definition) is 5. The average Bonchev–Trinajstić information content (AvgIpc) is 3.13. The second kappa shape index (κ2) is 7.68.